The van der Waals surface area contributed by atoms with E-state index in [0.717, 1.165) is 17.8 Å². The molecule has 100 valence electrons. The Morgan fingerprint density at radius 1 is 1.21 bits per heavy atom. The zero-order valence-corrected chi connectivity index (χ0v) is 11.5. The number of anilines is 2. The Hall–Kier alpha value is -1.74. The summed E-state index contributed by atoms with van der Waals surface area (Å²) in [6, 6.07) is 12.0. The van der Waals surface area contributed by atoms with Gasteiger partial charge in [-0.1, -0.05) is 17.7 Å². The van der Waals surface area contributed by atoms with Gasteiger partial charge in [-0.3, -0.25) is 0 Å². The maximum atomic E-state index is 13.3. The van der Waals surface area contributed by atoms with E-state index in [0.29, 0.717) is 17.3 Å². The second-order valence-corrected chi connectivity index (χ2v) is 4.75. The third kappa shape index (κ3) is 3.38. The first kappa shape index (κ1) is 13.7. The lowest BCUT2D eigenvalue weighted by atomic mass is 10.2. The van der Waals surface area contributed by atoms with Crippen LogP contribution in [-0.4, -0.2) is 6.54 Å². The molecule has 2 aromatic rings. The van der Waals surface area contributed by atoms with Crippen LogP contribution in [0.3, 0.4) is 0 Å². The number of benzene rings is 2. The molecule has 2 nitrogen and oxygen atoms in total. The summed E-state index contributed by atoms with van der Waals surface area (Å²) in [5, 5.41) is 0.573. The van der Waals surface area contributed by atoms with Gasteiger partial charge in [-0.05, 0) is 48.9 Å². The third-order valence-corrected chi connectivity index (χ3v) is 3.35. The number of rotatable bonds is 4. The van der Waals surface area contributed by atoms with Gasteiger partial charge in [-0.15, -0.1) is 0 Å². The van der Waals surface area contributed by atoms with Crippen LogP contribution in [0.5, 0.6) is 0 Å². The molecule has 0 bridgehead atoms. The fraction of sp³-hybridized carbons (Fsp3) is 0.200. The summed E-state index contributed by atoms with van der Waals surface area (Å²) < 4.78 is 13.3. The van der Waals surface area contributed by atoms with Crippen molar-refractivity contribution in [2.45, 2.75) is 13.5 Å². The van der Waals surface area contributed by atoms with Gasteiger partial charge < -0.3 is 10.6 Å². The van der Waals surface area contributed by atoms with Crippen LogP contribution in [0, 0.1) is 5.82 Å². The maximum Gasteiger partial charge on any atom is 0.123 e. The Morgan fingerprint density at radius 2 is 2.00 bits per heavy atom. The Labute approximate surface area is 117 Å². The summed E-state index contributed by atoms with van der Waals surface area (Å²) in [6.45, 7) is 3.38. The van der Waals surface area contributed by atoms with Gasteiger partial charge in [0.2, 0.25) is 0 Å². The Bertz CT molecular complexity index is 572. The minimum atomic E-state index is -0.275. The zero-order chi connectivity index (χ0) is 13.8. The fourth-order valence-electron chi connectivity index (χ4n) is 1.98. The van der Waals surface area contributed by atoms with E-state index in [9.17, 15) is 4.39 Å². The molecule has 19 heavy (non-hydrogen) atoms. The normalized spacial score (nSPS) is 10.5. The predicted octanol–water partition coefficient (Wildman–Crippen LogP) is 4.09. The Morgan fingerprint density at radius 3 is 2.68 bits per heavy atom. The molecule has 0 spiro atoms. The van der Waals surface area contributed by atoms with Crippen molar-refractivity contribution >= 4 is 23.0 Å². The molecule has 0 aromatic heterocycles. The van der Waals surface area contributed by atoms with Crippen LogP contribution < -0.4 is 10.6 Å². The van der Waals surface area contributed by atoms with Gasteiger partial charge in [-0.25, -0.2) is 4.39 Å². The van der Waals surface area contributed by atoms with E-state index in [1.165, 1.54) is 12.1 Å². The number of hydrogen-bond acceptors (Lipinski definition) is 2. The van der Waals surface area contributed by atoms with Gasteiger partial charge in [0.25, 0.3) is 0 Å². The molecule has 0 aliphatic carbocycles. The first-order valence-corrected chi connectivity index (χ1v) is 6.52. The highest BCUT2D eigenvalue weighted by Gasteiger charge is 2.09. The number of nitrogen functional groups attached to an aromatic ring is 1. The van der Waals surface area contributed by atoms with Crippen LogP contribution in [0.4, 0.5) is 15.8 Å². The number of halogens is 2. The first-order chi connectivity index (χ1) is 9.10. The molecule has 0 fully saturated rings. The molecular weight excluding hydrogens is 263 g/mol. The van der Waals surface area contributed by atoms with Crippen molar-refractivity contribution < 1.29 is 4.39 Å². The lowest BCUT2D eigenvalue weighted by molar-refractivity contribution is 0.624. The van der Waals surface area contributed by atoms with Gasteiger partial charge in [0.05, 0.1) is 0 Å². The highest BCUT2D eigenvalue weighted by Crippen LogP contribution is 2.23. The smallest absolute Gasteiger partial charge is 0.123 e. The van der Waals surface area contributed by atoms with Crippen LogP contribution in [0.2, 0.25) is 5.02 Å². The van der Waals surface area contributed by atoms with Gasteiger partial charge >= 0.3 is 0 Å². The van der Waals surface area contributed by atoms with E-state index >= 15 is 0 Å². The first-order valence-electron chi connectivity index (χ1n) is 6.14. The van der Waals surface area contributed by atoms with Crippen molar-refractivity contribution in [1.29, 1.82) is 0 Å². The summed E-state index contributed by atoms with van der Waals surface area (Å²) in [6.07, 6.45) is 0. The topological polar surface area (TPSA) is 29.3 Å². The van der Waals surface area contributed by atoms with Gasteiger partial charge in [0.1, 0.15) is 5.82 Å². The molecule has 4 heteroatoms. The lowest BCUT2D eigenvalue weighted by Gasteiger charge is -2.24. The predicted molar refractivity (Wildman–Crippen MR) is 79.0 cm³/mol. The number of nitrogens with two attached hydrogens (primary N) is 1. The standard InChI is InChI=1S/C15H16ClFN2/c1-2-19(14-5-3-4-13(18)9-14)10-11-8-12(17)6-7-15(11)16/h3-9H,2,10,18H2,1H3. The van der Waals surface area contributed by atoms with E-state index in [2.05, 4.69) is 4.90 Å². The molecule has 2 aromatic carbocycles. The summed E-state index contributed by atoms with van der Waals surface area (Å²) in [7, 11) is 0. The van der Waals surface area contributed by atoms with E-state index in [1.54, 1.807) is 6.07 Å². The van der Waals surface area contributed by atoms with E-state index in [4.69, 9.17) is 17.3 Å². The molecule has 2 N–H and O–H groups in total. The second kappa shape index (κ2) is 5.93. The van der Waals surface area contributed by atoms with Crippen LogP contribution in [0.25, 0.3) is 0 Å². The molecule has 0 saturated carbocycles. The summed E-state index contributed by atoms with van der Waals surface area (Å²) in [4.78, 5) is 2.09. The van der Waals surface area contributed by atoms with Gasteiger partial charge in [0, 0.05) is 29.5 Å². The number of nitrogens with zero attached hydrogens (tertiary/aromatic N) is 1. The largest absolute Gasteiger partial charge is 0.399 e. The average Bonchev–Trinajstić information content (AvgIpc) is 2.39. The Kier molecular flexibility index (Phi) is 4.27. The van der Waals surface area contributed by atoms with Crippen molar-refractivity contribution in [3.8, 4) is 0 Å². The van der Waals surface area contributed by atoms with Crippen molar-refractivity contribution in [2.24, 2.45) is 0 Å². The minimum absolute atomic E-state index is 0.275. The molecule has 2 rings (SSSR count). The van der Waals surface area contributed by atoms with Crippen molar-refractivity contribution in [2.75, 3.05) is 17.2 Å². The molecule has 0 amide bonds. The third-order valence-electron chi connectivity index (χ3n) is 2.99. The summed E-state index contributed by atoms with van der Waals surface area (Å²) in [5.41, 5.74) is 8.27. The summed E-state index contributed by atoms with van der Waals surface area (Å²) >= 11 is 6.10. The van der Waals surface area contributed by atoms with Crippen LogP contribution >= 0.6 is 11.6 Å². The molecule has 0 radical (unpaired) electrons. The second-order valence-electron chi connectivity index (χ2n) is 4.34. The highest BCUT2D eigenvalue weighted by molar-refractivity contribution is 6.31. The molecule has 0 heterocycles. The van der Waals surface area contributed by atoms with Crippen molar-refractivity contribution in [1.82, 2.24) is 0 Å². The van der Waals surface area contributed by atoms with E-state index in [1.807, 2.05) is 31.2 Å². The minimum Gasteiger partial charge on any atom is -0.399 e. The van der Waals surface area contributed by atoms with E-state index < -0.39 is 0 Å². The SMILES string of the molecule is CCN(Cc1cc(F)ccc1Cl)c1cccc(N)c1. The van der Waals surface area contributed by atoms with Gasteiger partial charge in [-0.2, -0.15) is 0 Å². The maximum absolute atomic E-state index is 13.3. The van der Waals surface area contributed by atoms with Crippen LogP contribution in [-0.2, 0) is 6.54 Å². The molecular formula is C15H16ClFN2. The van der Waals surface area contributed by atoms with Crippen molar-refractivity contribution in [3.63, 3.8) is 0 Å². The monoisotopic (exact) mass is 278 g/mol. The average molecular weight is 279 g/mol. The lowest BCUT2D eigenvalue weighted by Crippen LogP contribution is -2.22. The van der Waals surface area contributed by atoms with Crippen LogP contribution in [0.15, 0.2) is 42.5 Å². The quantitative estimate of drug-likeness (QED) is 0.854. The molecule has 0 atom stereocenters. The molecule has 0 saturated heterocycles. The molecule has 0 aliphatic heterocycles. The molecule has 0 unspecified atom stereocenters. The summed E-state index contributed by atoms with van der Waals surface area (Å²) in [5.74, 6) is -0.275. The molecule has 0 aliphatic rings. The van der Waals surface area contributed by atoms with Gasteiger partial charge in [0.15, 0.2) is 0 Å². The Balaban J connectivity index is 2.26. The van der Waals surface area contributed by atoms with E-state index in [-0.39, 0.29) is 5.82 Å². The zero-order valence-electron chi connectivity index (χ0n) is 10.7. The fourth-order valence-corrected chi connectivity index (χ4v) is 2.15. The van der Waals surface area contributed by atoms with Crippen LogP contribution in [0.1, 0.15) is 12.5 Å². The number of hydrogen-bond donors (Lipinski definition) is 1. The van der Waals surface area contributed by atoms with Crippen molar-refractivity contribution in [3.05, 3.63) is 58.9 Å². The highest BCUT2D eigenvalue weighted by atomic mass is 35.5.